The first-order valence-corrected chi connectivity index (χ1v) is 9.03. The Morgan fingerprint density at radius 1 is 1.21 bits per heavy atom. The van der Waals surface area contributed by atoms with Gasteiger partial charge in [0, 0.05) is 24.2 Å². The van der Waals surface area contributed by atoms with Gasteiger partial charge in [-0.2, -0.15) is 0 Å². The van der Waals surface area contributed by atoms with Crippen molar-refractivity contribution >= 4 is 5.97 Å². The predicted molar refractivity (Wildman–Crippen MR) is 88.1 cm³/mol. The SMILES string of the molecule is CCOC(=O)[C@@H]1O[C@@]2(C[C@@H](O)[C@H](C)[C@@H](C(C)C)O2)[C@@H](C)[C@H](O)[C@@H]1C. The Labute approximate surface area is 144 Å². The second-order valence-corrected chi connectivity index (χ2v) is 7.70. The predicted octanol–water partition coefficient (Wildman–Crippen LogP) is 1.72. The van der Waals surface area contributed by atoms with Crippen molar-refractivity contribution in [1.29, 1.82) is 0 Å². The van der Waals surface area contributed by atoms with Crippen LogP contribution in [0.4, 0.5) is 0 Å². The zero-order chi connectivity index (χ0) is 18.2. The van der Waals surface area contributed by atoms with Crippen molar-refractivity contribution in [2.75, 3.05) is 6.61 Å². The van der Waals surface area contributed by atoms with Crippen LogP contribution >= 0.6 is 0 Å². The lowest BCUT2D eigenvalue weighted by Crippen LogP contribution is -2.65. The molecular formula is C18H32O6. The molecule has 0 aromatic heterocycles. The molecule has 0 saturated carbocycles. The van der Waals surface area contributed by atoms with Crippen LogP contribution in [0.1, 0.15) is 48.0 Å². The van der Waals surface area contributed by atoms with Crippen LogP contribution in [0.2, 0.25) is 0 Å². The third-order valence-electron chi connectivity index (χ3n) is 5.68. The van der Waals surface area contributed by atoms with E-state index in [2.05, 4.69) is 0 Å². The Morgan fingerprint density at radius 3 is 2.38 bits per heavy atom. The van der Waals surface area contributed by atoms with Crippen LogP contribution in [0.15, 0.2) is 0 Å². The van der Waals surface area contributed by atoms with E-state index in [1.807, 2.05) is 27.7 Å². The summed E-state index contributed by atoms with van der Waals surface area (Å²) < 4.78 is 17.5. The van der Waals surface area contributed by atoms with Gasteiger partial charge in [0.2, 0.25) is 0 Å². The summed E-state index contributed by atoms with van der Waals surface area (Å²) >= 11 is 0. The van der Waals surface area contributed by atoms with Crippen LogP contribution in [0, 0.1) is 23.7 Å². The Kier molecular flexibility index (Phi) is 5.95. The third kappa shape index (κ3) is 3.34. The maximum Gasteiger partial charge on any atom is 0.335 e. The molecule has 2 heterocycles. The molecule has 0 aromatic rings. The molecule has 24 heavy (non-hydrogen) atoms. The molecule has 6 heteroatoms. The van der Waals surface area contributed by atoms with Gasteiger partial charge in [0.05, 0.1) is 24.9 Å². The zero-order valence-electron chi connectivity index (χ0n) is 15.6. The van der Waals surface area contributed by atoms with Gasteiger partial charge in [0.15, 0.2) is 11.9 Å². The molecule has 6 nitrogen and oxygen atoms in total. The fourth-order valence-corrected chi connectivity index (χ4v) is 4.01. The first-order valence-electron chi connectivity index (χ1n) is 9.03. The third-order valence-corrected chi connectivity index (χ3v) is 5.68. The summed E-state index contributed by atoms with van der Waals surface area (Å²) in [7, 11) is 0. The fraction of sp³-hybridized carbons (Fsp3) is 0.944. The maximum absolute atomic E-state index is 12.3. The van der Waals surface area contributed by atoms with E-state index in [1.165, 1.54) is 0 Å². The quantitative estimate of drug-likeness (QED) is 0.758. The lowest BCUT2D eigenvalue weighted by Gasteiger charge is -2.55. The monoisotopic (exact) mass is 344 g/mol. The van der Waals surface area contributed by atoms with Gasteiger partial charge >= 0.3 is 5.97 Å². The van der Waals surface area contributed by atoms with E-state index in [1.54, 1.807) is 13.8 Å². The minimum Gasteiger partial charge on any atom is -0.464 e. The lowest BCUT2D eigenvalue weighted by atomic mass is 9.74. The average molecular weight is 344 g/mol. The van der Waals surface area contributed by atoms with E-state index >= 15 is 0 Å². The molecule has 1 spiro atoms. The number of rotatable bonds is 3. The summed E-state index contributed by atoms with van der Waals surface area (Å²) in [6.07, 6.45) is -2.26. The average Bonchev–Trinajstić information content (AvgIpc) is 2.52. The molecule has 2 rings (SSSR count). The van der Waals surface area contributed by atoms with Gasteiger partial charge in [0.1, 0.15) is 0 Å². The van der Waals surface area contributed by atoms with Gasteiger partial charge in [-0.25, -0.2) is 4.79 Å². The largest absolute Gasteiger partial charge is 0.464 e. The van der Waals surface area contributed by atoms with Gasteiger partial charge in [0.25, 0.3) is 0 Å². The Morgan fingerprint density at radius 2 is 1.83 bits per heavy atom. The minimum absolute atomic E-state index is 0.0380. The Balaban J connectivity index is 2.33. The Hall–Kier alpha value is -0.690. The summed E-state index contributed by atoms with van der Waals surface area (Å²) in [5, 5.41) is 21.2. The molecule has 2 aliphatic rings. The molecule has 2 aliphatic heterocycles. The van der Waals surface area contributed by atoms with Gasteiger partial charge < -0.3 is 24.4 Å². The Bertz CT molecular complexity index is 453. The summed E-state index contributed by atoms with van der Waals surface area (Å²) in [6, 6.07) is 0. The topological polar surface area (TPSA) is 85.2 Å². The number of carbonyl (C=O) groups is 1. The molecule has 0 aromatic carbocycles. The molecule has 0 radical (unpaired) electrons. The van der Waals surface area contributed by atoms with Crippen molar-refractivity contribution in [1.82, 2.24) is 0 Å². The molecule has 2 fully saturated rings. The number of hydrogen-bond acceptors (Lipinski definition) is 6. The maximum atomic E-state index is 12.3. The van der Waals surface area contributed by atoms with Crippen molar-refractivity contribution in [2.24, 2.45) is 23.7 Å². The smallest absolute Gasteiger partial charge is 0.335 e. The van der Waals surface area contributed by atoms with E-state index in [-0.39, 0.29) is 36.9 Å². The van der Waals surface area contributed by atoms with Gasteiger partial charge in [-0.3, -0.25) is 0 Å². The van der Waals surface area contributed by atoms with E-state index in [4.69, 9.17) is 14.2 Å². The van der Waals surface area contributed by atoms with Crippen LogP contribution < -0.4 is 0 Å². The van der Waals surface area contributed by atoms with E-state index in [0.29, 0.717) is 0 Å². The number of aliphatic hydroxyl groups excluding tert-OH is 2. The first-order chi connectivity index (χ1) is 11.1. The molecule has 2 N–H and O–H groups in total. The molecule has 2 saturated heterocycles. The highest BCUT2D eigenvalue weighted by Gasteiger charge is 2.58. The van der Waals surface area contributed by atoms with E-state index in [0.717, 1.165) is 0 Å². The second-order valence-electron chi connectivity index (χ2n) is 7.70. The number of hydrogen-bond donors (Lipinski definition) is 2. The number of aliphatic hydroxyl groups is 2. The molecule has 8 atom stereocenters. The van der Waals surface area contributed by atoms with Crippen molar-refractivity contribution in [2.45, 2.75) is 78.2 Å². The number of carbonyl (C=O) groups excluding carboxylic acids is 1. The molecule has 0 unspecified atom stereocenters. The molecular weight excluding hydrogens is 312 g/mol. The van der Waals surface area contributed by atoms with Crippen molar-refractivity contribution in [3.63, 3.8) is 0 Å². The van der Waals surface area contributed by atoms with Crippen LogP contribution in [0.3, 0.4) is 0 Å². The van der Waals surface area contributed by atoms with Crippen LogP contribution in [-0.4, -0.2) is 53.0 Å². The first kappa shape index (κ1) is 19.6. The highest BCUT2D eigenvalue weighted by Crippen LogP contribution is 2.47. The van der Waals surface area contributed by atoms with Crippen molar-refractivity contribution in [3.8, 4) is 0 Å². The fourth-order valence-electron chi connectivity index (χ4n) is 4.01. The minimum atomic E-state index is -1.18. The normalized spacial score (nSPS) is 46.3. The van der Waals surface area contributed by atoms with E-state index < -0.39 is 36.0 Å². The molecule has 0 amide bonds. The van der Waals surface area contributed by atoms with Gasteiger partial charge in [-0.05, 0) is 12.8 Å². The highest BCUT2D eigenvalue weighted by atomic mass is 16.7. The zero-order valence-corrected chi connectivity index (χ0v) is 15.6. The van der Waals surface area contributed by atoms with Crippen LogP contribution in [-0.2, 0) is 19.0 Å². The van der Waals surface area contributed by atoms with Gasteiger partial charge in [-0.1, -0.05) is 34.6 Å². The second kappa shape index (κ2) is 7.28. The van der Waals surface area contributed by atoms with Crippen LogP contribution in [0.25, 0.3) is 0 Å². The molecule has 0 aliphatic carbocycles. The summed E-state index contributed by atoms with van der Waals surface area (Å²) in [5.74, 6) is -2.29. The van der Waals surface area contributed by atoms with Crippen molar-refractivity contribution < 1.29 is 29.2 Å². The standard InChI is InChI=1S/C18H32O6/c1-7-22-17(21)16-11(5)14(20)12(6)18(24-16)8-13(19)10(4)15(23-18)9(2)3/h9-16,19-20H,7-8H2,1-6H3/t10-,11-,12-,13+,14+,15+,16+,18-/m0/s1. The van der Waals surface area contributed by atoms with Crippen molar-refractivity contribution in [3.05, 3.63) is 0 Å². The molecule has 0 bridgehead atoms. The molecule has 140 valence electrons. The highest BCUT2D eigenvalue weighted by molar-refractivity contribution is 5.75. The van der Waals surface area contributed by atoms with Gasteiger partial charge in [-0.15, -0.1) is 0 Å². The van der Waals surface area contributed by atoms with E-state index in [9.17, 15) is 15.0 Å². The number of esters is 1. The summed E-state index contributed by atoms with van der Waals surface area (Å²) in [6.45, 7) is 11.6. The van der Waals surface area contributed by atoms with Crippen LogP contribution in [0.5, 0.6) is 0 Å². The number of ether oxygens (including phenoxy) is 3. The summed E-state index contributed by atoms with van der Waals surface area (Å²) in [4.78, 5) is 12.3. The summed E-state index contributed by atoms with van der Waals surface area (Å²) in [5.41, 5.74) is 0. The lowest BCUT2D eigenvalue weighted by molar-refractivity contribution is -0.380.